The minimum Gasteiger partial charge on any atom is -0.508 e. The van der Waals surface area contributed by atoms with Crippen LogP contribution in [0.25, 0.3) is 0 Å². The zero-order valence-electron chi connectivity index (χ0n) is 14.8. The molecule has 1 atom stereocenters. The first kappa shape index (κ1) is 19.0. The molecule has 1 aliphatic heterocycles. The molecule has 0 unspecified atom stereocenters. The highest BCUT2D eigenvalue weighted by Gasteiger charge is 2.31. The van der Waals surface area contributed by atoms with Crippen LogP contribution in [-0.4, -0.2) is 33.8 Å². The molecule has 0 spiro atoms. The number of anilines is 1. The average Bonchev–Trinajstić information content (AvgIpc) is 3.02. The van der Waals surface area contributed by atoms with E-state index in [-0.39, 0.29) is 24.0 Å². The van der Waals surface area contributed by atoms with Gasteiger partial charge >= 0.3 is 0 Å². The number of hydrogen-bond acceptors (Lipinski definition) is 5. The van der Waals surface area contributed by atoms with Crippen molar-refractivity contribution in [3.8, 4) is 11.5 Å². The summed E-state index contributed by atoms with van der Waals surface area (Å²) in [4.78, 5) is 28.6. The number of hydrogen-bond donors (Lipinski definition) is 2. The highest BCUT2D eigenvalue weighted by Crippen LogP contribution is 2.30. The standard InChI is InChI=1S/C20H20N2O4S/c1-2-11-26-16-6-4-3-5-15(16)21-18(24)12-17-19(25)22-20(27-17)13-7-9-14(23)10-8-13/h3-10,17,23H,2,11-12H2,1H3,(H,21,24)/t17-/m0/s1. The van der Waals surface area contributed by atoms with Gasteiger partial charge in [-0.25, -0.2) is 4.99 Å². The number of ether oxygens (including phenoxy) is 1. The number of benzene rings is 2. The van der Waals surface area contributed by atoms with Gasteiger partial charge in [-0.3, -0.25) is 9.59 Å². The Morgan fingerprint density at radius 3 is 2.70 bits per heavy atom. The van der Waals surface area contributed by atoms with E-state index in [1.54, 1.807) is 24.3 Å². The van der Waals surface area contributed by atoms with Crippen LogP contribution < -0.4 is 10.1 Å². The number of phenolic OH excluding ortho intramolecular Hbond substituents is 1. The molecule has 1 aliphatic rings. The van der Waals surface area contributed by atoms with Crippen molar-refractivity contribution in [2.24, 2.45) is 4.99 Å². The van der Waals surface area contributed by atoms with E-state index in [0.717, 1.165) is 12.0 Å². The lowest BCUT2D eigenvalue weighted by molar-refractivity contribution is -0.121. The molecule has 2 N–H and O–H groups in total. The summed E-state index contributed by atoms with van der Waals surface area (Å²) in [6.45, 7) is 2.57. The minimum atomic E-state index is -0.558. The molecule has 6 nitrogen and oxygen atoms in total. The van der Waals surface area contributed by atoms with Crippen LogP contribution in [0.4, 0.5) is 5.69 Å². The normalized spacial score (nSPS) is 16.1. The Morgan fingerprint density at radius 1 is 1.22 bits per heavy atom. The van der Waals surface area contributed by atoms with E-state index in [2.05, 4.69) is 10.3 Å². The van der Waals surface area contributed by atoms with Crippen LogP contribution in [0.5, 0.6) is 11.5 Å². The first-order valence-corrected chi connectivity index (χ1v) is 9.55. The largest absolute Gasteiger partial charge is 0.508 e. The van der Waals surface area contributed by atoms with Gasteiger partial charge in [0.25, 0.3) is 5.91 Å². The molecule has 1 heterocycles. The molecule has 0 aliphatic carbocycles. The fourth-order valence-electron chi connectivity index (χ4n) is 2.53. The Balaban J connectivity index is 1.61. The highest BCUT2D eigenvalue weighted by molar-refractivity contribution is 8.16. The molecule has 7 heteroatoms. The van der Waals surface area contributed by atoms with Gasteiger partial charge in [0, 0.05) is 12.0 Å². The van der Waals surface area contributed by atoms with E-state index in [0.29, 0.717) is 23.1 Å². The second-order valence-electron chi connectivity index (χ2n) is 6.01. The summed E-state index contributed by atoms with van der Waals surface area (Å²) >= 11 is 1.26. The molecule has 0 fully saturated rings. The van der Waals surface area contributed by atoms with Crippen LogP contribution in [0, 0.1) is 0 Å². The van der Waals surface area contributed by atoms with Crippen LogP contribution in [0.2, 0.25) is 0 Å². The van der Waals surface area contributed by atoms with Gasteiger partial charge in [0.1, 0.15) is 21.8 Å². The predicted molar refractivity (Wildman–Crippen MR) is 107 cm³/mol. The van der Waals surface area contributed by atoms with Crippen molar-refractivity contribution in [2.75, 3.05) is 11.9 Å². The molecule has 140 valence electrons. The summed E-state index contributed by atoms with van der Waals surface area (Å²) in [5, 5.41) is 12.2. The number of carbonyl (C=O) groups excluding carboxylic acids is 2. The first-order valence-electron chi connectivity index (χ1n) is 8.67. The van der Waals surface area contributed by atoms with Crippen molar-refractivity contribution in [1.82, 2.24) is 0 Å². The maximum absolute atomic E-state index is 12.4. The molecule has 0 saturated heterocycles. The van der Waals surface area contributed by atoms with Crippen molar-refractivity contribution in [2.45, 2.75) is 25.0 Å². The van der Waals surface area contributed by atoms with Gasteiger partial charge in [-0.05, 0) is 42.8 Å². The van der Waals surface area contributed by atoms with E-state index in [1.165, 1.54) is 23.9 Å². The first-order chi connectivity index (χ1) is 13.1. The molecular weight excluding hydrogens is 364 g/mol. The van der Waals surface area contributed by atoms with Gasteiger partial charge in [0.15, 0.2) is 0 Å². The summed E-state index contributed by atoms with van der Waals surface area (Å²) in [7, 11) is 0. The van der Waals surface area contributed by atoms with E-state index >= 15 is 0 Å². The van der Waals surface area contributed by atoms with Crippen LogP contribution in [0.15, 0.2) is 53.5 Å². The molecule has 2 aromatic rings. The summed E-state index contributed by atoms with van der Waals surface area (Å²) in [6, 6.07) is 13.7. The molecule has 0 aromatic heterocycles. The Hall–Kier alpha value is -2.80. The number of carbonyl (C=O) groups is 2. The maximum Gasteiger partial charge on any atom is 0.260 e. The summed E-state index contributed by atoms with van der Waals surface area (Å²) in [5.41, 5.74) is 1.33. The third kappa shape index (κ3) is 4.89. The molecule has 27 heavy (non-hydrogen) atoms. The number of aromatic hydroxyl groups is 1. The van der Waals surface area contributed by atoms with Crippen LogP contribution in [-0.2, 0) is 9.59 Å². The lowest BCUT2D eigenvalue weighted by Gasteiger charge is -2.13. The van der Waals surface area contributed by atoms with Gasteiger partial charge < -0.3 is 15.2 Å². The van der Waals surface area contributed by atoms with Gasteiger partial charge in [-0.15, -0.1) is 0 Å². The maximum atomic E-state index is 12.4. The lowest BCUT2D eigenvalue weighted by atomic mass is 10.2. The predicted octanol–water partition coefficient (Wildman–Crippen LogP) is 3.60. The molecular formula is C20H20N2O4S. The summed E-state index contributed by atoms with van der Waals surface area (Å²) in [5.74, 6) is 0.164. The number of phenols is 1. The Kier molecular flexibility index (Phi) is 6.13. The summed E-state index contributed by atoms with van der Waals surface area (Å²) in [6.07, 6.45) is 0.892. The zero-order valence-corrected chi connectivity index (χ0v) is 15.7. The van der Waals surface area contributed by atoms with Crippen LogP contribution >= 0.6 is 11.8 Å². The number of thioether (sulfide) groups is 1. The van der Waals surface area contributed by atoms with Gasteiger partial charge in [-0.1, -0.05) is 30.8 Å². The van der Waals surface area contributed by atoms with E-state index < -0.39 is 5.25 Å². The minimum absolute atomic E-state index is 0.0245. The number of para-hydroxylation sites is 2. The fraction of sp³-hybridized carbons (Fsp3) is 0.250. The monoisotopic (exact) mass is 384 g/mol. The van der Waals surface area contributed by atoms with Crippen molar-refractivity contribution >= 4 is 34.3 Å². The Bertz CT molecular complexity index is 865. The number of aliphatic imine (C=N–C) groups is 1. The Morgan fingerprint density at radius 2 is 1.96 bits per heavy atom. The number of amides is 2. The van der Waals surface area contributed by atoms with E-state index in [4.69, 9.17) is 4.74 Å². The third-order valence-corrected chi connectivity index (χ3v) is 5.05. The second kappa shape index (κ2) is 8.73. The van der Waals surface area contributed by atoms with E-state index in [1.807, 2.05) is 19.1 Å². The van der Waals surface area contributed by atoms with Gasteiger partial charge in [-0.2, -0.15) is 0 Å². The number of nitrogens with one attached hydrogen (secondary N) is 1. The zero-order chi connectivity index (χ0) is 19.2. The average molecular weight is 384 g/mol. The van der Waals surface area contributed by atoms with Crippen LogP contribution in [0.1, 0.15) is 25.3 Å². The van der Waals surface area contributed by atoms with Crippen molar-refractivity contribution in [3.05, 3.63) is 54.1 Å². The second-order valence-corrected chi connectivity index (χ2v) is 7.20. The highest BCUT2D eigenvalue weighted by atomic mass is 32.2. The molecule has 2 aromatic carbocycles. The summed E-state index contributed by atoms with van der Waals surface area (Å²) < 4.78 is 5.63. The van der Waals surface area contributed by atoms with E-state index in [9.17, 15) is 14.7 Å². The van der Waals surface area contributed by atoms with Gasteiger partial charge in [0.2, 0.25) is 5.91 Å². The van der Waals surface area contributed by atoms with Crippen molar-refractivity contribution in [3.63, 3.8) is 0 Å². The quantitative estimate of drug-likeness (QED) is 0.761. The Labute approximate surface area is 161 Å². The SMILES string of the molecule is CCCOc1ccccc1NC(=O)C[C@@H]1SC(c2ccc(O)cc2)=NC1=O. The van der Waals surface area contributed by atoms with Crippen molar-refractivity contribution in [1.29, 1.82) is 0 Å². The molecule has 0 saturated carbocycles. The number of nitrogens with zero attached hydrogens (tertiary/aromatic N) is 1. The molecule has 0 radical (unpaired) electrons. The van der Waals surface area contributed by atoms with Crippen LogP contribution in [0.3, 0.4) is 0 Å². The topological polar surface area (TPSA) is 88.0 Å². The van der Waals surface area contributed by atoms with Gasteiger partial charge in [0.05, 0.1) is 12.3 Å². The molecule has 0 bridgehead atoms. The third-order valence-electron chi connectivity index (χ3n) is 3.85. The number of rotatable bonds is 7. The smallest absolute Gasteiger partial charge is 0.260 e. The fourth-order valence-corrected chi connectivity index (χ4v) is 3.60. The molecule has 3 rings (SSSR count). The molecule has 2 amide bonds. The lowest BCUT2D eigenvalue weighted by Crippen LogP contribution is -2.21. The van der Waals surface area contributed by atoms with Crippen molar-refractivity contribution < 1.29 is 19.4 Å².